The minimum absolute atomic E-state index is 0.148. The molecule has 178 valence electrons. The van der Waals surface area contributed by atoms with Gasteiger partial charge in [0, 0.05) is 12.8 Å². The lowest BCUT2D eigenvalue weighted by molar-refractivity contribution is -0.138. The Hall–Kier alpha value is -2.56. The second-order valence-electron chi connectivity index (χ2n) is 6.68. The zero-order chi connectivity index (χ0) is 24.0. The number of nitrogens with zero attached hydrogens (tertiary/aromatic N) is 2. The summed E-state index contributed by atoms with van der Waals surface area (Å²) in [5.74, 6) is -4.23. The van der Waals surface area contributed by atoms with Gasteiger partial charge in [-0.2, -0.15) is 9.80 Å². The van der Waals surface area contributed by atoms with E-state index >= 15 is 0 Å². The number of hydrogen-bond acceptors (Lipinski definition) is 12. The second-order valence-corrected chi connectivity index (χ2v) is 8.86. The highest BCUT2D eigenvalue weighted by Crippen LogP contribution is 2.19. The van der Waals surface area contributed by atoms with Gasteiger partial charge >= 0.3 is 12.2 Å². The summed E-state index contributed by atoms with van der Waals surface area (Å²) in [5.41, 5.74) is 0. The van der Waals surface area contributed by atoms with Gasteiger partial charge in [-0.15, -0.1) is 0 Å². The van der Waals surface area contributed by atoms with Gasteiger partial charge in [0.05, 0.1) is 13.2 Å². The molecule has 0 aromatic carbocycles. The molecular formula is C16H18N2O12S2-2. The molecule has 2 aliphatic heterocycles. The first-order valence-electron chi connectivity index (χ1n) is 9.29. The summed E-state index contributed by atoms with van der Waals surface area (Å²) in [6, 6.07) is 0. The number of amides is 6. The van der Waals surface area contributed by atoms with Crippen LogP contribution in [0.1, 0.15) is 38.5 Å². The van der Waals surface area contributed by atoms with Crippen molar-refractivity contribution in [3.05, 3.63) is 0 Å². The fourth-order valence-electron chi connectivity index (χ4n) is 2.90. The Morgan fingerprint density at radius 3 is 1.38 bits per heavy atom. The van der Waals surface area contributed by atoms with Crippen LogP contribution in [0, 0.1) is 0 Å². The first-order valence-corrected chi connectivity index (χ1v) is 11.6. The first kappa shape index (κ1) is 25.7. The van der Waals surface area contributed by atoms with Gasteiger partial charge in [0.25, 0.3) is 11.8 Å². The summed E-state index contributed by atoms with van der Waals surface area (Å²) < 4.78 is 53.0. The predicted molar refractivity (Wildman–Crippen MR) is 99.5 cm³/mol. The number of ether oxygens (including phenoxy) is 2. The Morgan fingerprint density at radius 1 is 0.750 bits per heavy atom. The number of carbonyl (C=O) groups is 6. The van der Waals surface area contributed by atoms with E-state index in [0.717, 1.165) is 0 Å². The third-order valence-corrected chi connectivity index (χ3v) is 6.20. The number of unbranched alkanes of at least 4 members (excludes halogenated alkanes) is 3. The maximum atomic E-state index is 11.8. The lowest BCUT2D eigenvalue weighted by atomic mass is 10.2. The Labute approximate surface area is 186 Å². The molecule has 4 unspecified atom stereocenters. The number of imide groups is 6. The molecule has 14 nitrogen and oxygen atoms in total. The molecule has 16 heteroatoms. The molecule has 4 atom stereocenters. The highest BCUT2D eigenvalue weighted by atomic mass is 32.2. The molecule has 2 aliphatic rings. The summed E-state index contributed by atoms with van der Waals surface area (Å²) in [6.07, 6.45) is -2.12. The van der Waals surface area contributed by atoms with Crippen LogP contribution in [0.15, 0.2) is 0 Å². The van der Waals surface area contributed by atoms with Crippen molar-refractivity contribution >= 4 is 58.0 Å². The Bertz CT molecular complexity index is 805. The Kier molecular flexibility index (Phi) is 9.11. The standard InChI is InChI=1S/C16H20N2O12S2/c19-11-7-9(31(25)26)13(21)17(11)15(23)29-5-3-1-2-4-6-30-16(24)18-12(20)8-10(14(18)22)32(27)28/h9-10H,1-8H2,(H,25,26)(H,27,28)/p-2. The summed E-state index contributed by atoms with van der Waals surface area (Å²) in [4.78, 5) is 70.6. The molecule has 32 heavy (non-hydrogen) atoms. The highest BCUT2D eigenvalue weighted by molar-refractivity contribution is 7.81. The largest absolute Gasteiger partial charge is 0.772 e. The average Bonchev–Trinajstić information content (AvgIpc) is 3.18. The van der Waals surface area contributed by atoms with E-state index in [1.807, 2.05) is 0 Å². The van der Waals surface area contributed by atoms with E-state index < -0.39 is 81.3 Å². The molecule has 0 radical (unpaired) electrons. The topological polar surface area (TPSA) is 208 Å². The third-order valence-electron chi connectivity index (χ3n) is 4.53. The zero-order valence-corrected chi connectivity index (χ0v) is 18.1. The molecule has 2 heterocycles. The van der Waals surface area contributed by atoms with Crippen LogP contribution in [-0.2, 0) is 50.8 Å². The summed E-state index contributed by atoms with van der Waals surface area (Å²) in [7, 11) is 0. The van der Waals surface area contributed by atoms with Gasteiger partial charge in [-0.3, -0.25) is 27.6 Å². The van der Waals surface area contributed by atoms with Crippen LogP contribution in [0.4, 0.5) is 9.59 Å². The van der Waals surface area contributed by atoms with Gasteiger partial charge in [-0.25, -0.2) is 9.59 Å². The van der Waals surface area contributed by atoms with Crippen LogP contribution in [0.2, 0.25) is 0 Å². The minimum atomic E-state index is -2.83. The van der Waals surface area contributed by atoms with Gasteiger partial charge in [-0.05, 0) is 47.8 Å². The molecule has 2 saturated heterocycles. The van der Waals surface area contributed by atoms with Crippen molar-refractivity contribution in [2.45, 2.75) is 49.0 Å². The van der Waals surface area contributed by atoms with Crippen molar-refractivity contribution in [1.82, 2.24) is 9.80 Å². The second kappa shape index (κ2) is 11.3. The SMILES string of the molecule is O=C1CC(S(=O)[O-])C(=O)N1C(=O)OCCCCCCOC(=O)N1C(=O)CC(S(=O)[O-])C1=O. The fraction of sp³-hybridized carbons (Fsp3) is 0.625. The van der Waals surface area contributed by atoms with E-state index in [-0.39, 0.29) is 23.0 Å². The highest BCUT2D eigenvalue weighted by Gasteiger charge is 2.45. The van der Waals surface area contributed by atoms with Crippen LogP contribution in [0.5, 0.6) is 0 Å². The summed E-state index contributed by atoms with van der Waals surface area (Å²) in [6.45, 7) is -0.295. The van der Waals surface area contributed by atoms with Crippen molar-refractivity contribution < 1.29 is 55.8 Å². The van der Waals surface area contributed by atoms with Crippen LogP contribution in [0.3, 0.4) is 0 Å². The van der Waals surface area contributed by atoms with Crippen molar-refractivity contribution in [2.24, 2.45) is 0 Å². The number of likely N-dealkylation sites (tertiary alicyclic amines) is 2. The van der Waals surface area contributed by atoms with E-state index in [4.69, 9.17) is 9.47 Å². The van der Waals surface area contributed by atoms with Gasteiger partial charge < -0.3 is 18.6 Å². The zero-order valence-electron chi connectivity index (χ0n) is 16.4. The number of rotatable bonds is 9. The van der Waals surface area contributed by atoms with Crippen LogP contribution >= 0.6 is 0 Å². The molecule has 0 aromatic rings. The van der Waals surface area contributed by atoms with Gasteiger partial charge in [0.15, 0.2) is 0 Å². The molecule has 0 spiro atoms. The van der Waals surface area contributed by atoms with Gasteiger partial charge in [-0.1, -0.05) is 0 Å². The number of hydrogen-bond donors (Lipinski definition) is 0. The summed E-state index contributed by atoms with van der Waals surface area (Å²) >= 11 is -5.65. The van der Waals surface area contributed by atoms with E-state index in [2.05, 4.69) is 0 Å². The normalized spacial score (nSPS) is 22.9. The van der Waals surface area contributed by atoms with Crippen molar-refractivity contribution in [2.75, 3.05) is 13.2 Å². The lowest BCUT2D eigenvalue weighted by Crippen LogP contribution is -2.39. The maximum Gasteiger partial charge on any atom is 0.423 e. The molecule has 0 N–H and O–H groups in total. The van der Waals surface area contributed by atoms with Gasteiger partial charge in [0.2, 0.25) is 11.8 Å². The van der Waals surface area contributed by atoms with E-state index in [1.165, 1.54) is 0 Å². The molecule has 0 aromatic heterocycles. The summed E-state index contributed by atoms with van der Waals surface area (Å²) in [5, 5.41) is -3.20. The van der Waals surface area contributed by atoms with Crippen LogP contribution in [0.25, 0.3) is 0 Å². The first-order chi connectivity index (χ1) is 15.1. The third kappa shape index (κ3) is 6.02. The molecule has 0 bridgehead atoms. The molecule has 0 aliphatic carbocycles. The van der Waals surface area contributed by atoms with E-state index in [0.29, 0.717) is 25.7 Å². The number of carbonyl (C=O) groups excluding carboxylic acids is 6. The minimum Gasteiger partial charge on any atom is -0.772 e. The van der Waals surface area contributed by atoms with Crippen molar-refractivity contribution in [3.8, 4) is 0 Å². The Morgan fingerprint density at radius 2 is 1.09 bits per heavy atom. The molecule has 2 fully saturated rings. The predicted octanol–water partition coefficient (Wildman–Crippen LogP) is -1.17. The lowest BCUT2D eigenvalue weighted by Gasteiger charge is -2.14. The van der Waals surface area contributed by atoms with E-state index in [1.54, 1.807) is 0 Å². The van der Waals surface area contributed by atoms with Gasteiger partial charge in [0.1, 0.15) is 10.5 Å². The molecular weight excluding hydrogens is 476 g/mol. The monoisotopic (exact) mass is 494 g/mol. The molecule has 0 saturated carbocycles. The molecule has 6 amide bonds. The van der Waals surface area contributed by atoms with Crippen LogP contribution in [-0.4, -0.2) is 86.9 Å². The van der Waals surface area contributed by atoms with Crippen LogP contribution < -0.4 is 0 Å². The van der Waals surface area contributed by atoms with Crippen molar-refractivity contribution in [3.63, 3.8) is 0 Å². The van der Waals surface area contributed by atoms with E-state index in [9.17, 15) is 46.3 Å². The molecule has 2 rings (SSSR count). The quantitative estimate of drug-likeness (QED) is 0.211. The Balaban J connectivity index is 1.60. The fourth-order valence-corrected chi connectivity index (χ4v) is 4.00. The average molecular weight is 494 g/mol. The maximum absolute atomic E-state index is 11.8. The smallest absolute Gasteiger partial charge is 0.423 e. The van der Waals surface area contributed by atoms with Crippen molar-refractivity contribution in [1.29, 1.82) is 0 Å².